The number of aliphatic carboxylic acids is 1. The molecule has 3 atom stereocenters. The first kappa shape index (κ1) is 15.6. The number of likely N-dealkylation sites (tertiary alicyclic amines) is 1. The maximum Gasteiger partial charge on any atom is 0.412 e. The maximum atomic E-state index is 12.5. The number of ether oxygens (including phenoxy) is 1. The number of para-hydroxylation sites is 1. The standard InChI is InChI=1S/C16H20N2O5/c1-15(2,3)23-14(21)18-11(12(19)20)8-16(22)9-6-4-5-7-10(9)17-13(16)18/h4-7,11,13,17,22H,8H2,1-3H3,(H,19,20)/t11?,13?,16-/m0/s1. The zero-order valence-electron chi connectivity index (χ0n) is 13.2. The van der Waals surface area contributed by atoms with Crippen molar-refractivity contribution in [3.05, 3.63) is 29.8 Å². The molecule has 3 rings (SSSR count). The fourth-order valence-electron chi connectivity index (χ4n) is 3.25. The molecular weight excluding hydrogens is 300 g/mol. The first-order valence-corrected chi connectivity index (χ1v) is 7.46. The highest BCUT2D eigenvalue weighted by Gasteiger charge is 2.61. The highest BCUT2D eigenvalue weighted by Crippen LogP contribution is 2.49. The number of hydrogen-bond acceptors (Lipinski definition) is 5. The van der Waals surface area contributed by atoms with E-state index in [1.54, 1.807) is 39.0 Å². The topological polar surface area (TPSA) is 99.1 Å². The van der Waals surface area contributed by atoms with Crippen LogP contribution in [0.5, 0.6) is 0 Å². The van der Waals surface area contributed by atoms with Crippen LogP contribution in [0.2, 0.25) is 0 Å². The third kappa shape index (κ3) is 2.41. The number of fused-ring (bicyclic) bond motifs is 3. The minimum absolute atomic E-state index is 0.0870. The highest BCUT2D eigenvalue weighted by molar-refractivity contribution is 5.83. The molecule has 1 aromatic carbocycles. The van der Waals surface area contributed by atoms with Gasteiger partial charge in [-0.05, 0) is 26.8 Å². The van der Waals surface area contributed by atoms with Crippen LogP contribution in [0.1, 0.15) is 32.8 Å². The molecule has 2 heterocycles. The van der Waals surface area contributed by atoms with Gasteiger partial charge in [0.15, 0.2) is 0 Å². The van der Waals surface area contributed by atoms with Gasteiger partial charge in [0.2, 0.25) is 0 Å². The van der Waals surface area contributed by atoms with Crippen LogP contribution < -0.4 is 5.32 Å². The Balaban J connectivity index is 1.99. The number of benzene rings is 1. The molecule has 124 valence electrons. The van der Waals surface area contributed by atoms with Crippen molar-refractivity contribution in [1.82, 2.24) is 4.90 Å². The maximum absolute atomic E-state index is 12.5. The number of aliphatic hydroxyl groups is 1. The van der Waals surface area contributed by atoms with E-state index in [4.69, 9.17) is 4.74 Å². The SMILES string of the molecule is CC(C)(C)OC(=O)N1C(C(=O)O)C[C@]2(O)c3ccccc3NC12. The van der Waals surface area contributed by atoms with Crippen LogP contribution in [0, 0.1) is 0 Å². The molecule has 0 aromatic heterocycles. The summed E-state index contributed by atoms with van der Waals surface area (Å²) < 4.78 is 5.33. The lowest BCUT2D eigenvalue weighted by atomic mass is 9.91. The average Bonchev–Trinajstić information content (AvgIpc) is 2.86. The summed E-state index contributed by atoms with van der Waals surface area (Å²) in [6, 6.07) is 5.95. The van der Waals surface area contributed by atoms with Crippen molar-refractivity contribution in [2.45, 2.75) is 50.6 Å². The Kier molecular flexibility index (Phi) is 3.30. The van der Waals surface area contributed by atoms with Crippen molar-refractivity contribution in [3.63, 3.8) is 0 Å². The number of rotatable bonds is 1. The van der Waals surface area contributed by atoms with Gasteiger partial charge in [0, 0.05) is 17.7 Å². The first-order valence-electron chi connectivity index (χ1n) is 7.46. The van der Waals surface area contributed by atoms with Gasteiger partial charge in [-0.2, -0.15) is 0 Å². The monoisotopic (exact) mass is 320 g/mol. The molecule has 0 aliphatic carbocycles. The predicted octanol–water partition coefficient (Wildman–Crippen LogP) is 1.72. The van der Waals surface area contributed by atoms with Crippen LogP contribution >= 0.6 is 0 Å². The van der Waals surface area contributed by atoms with Gasteiger partial charge in [-0.3, -0.25) is 4.90 Å². The number of nitrogens with one attached hydrogen (secondary N) is 1. The molecule has 2 aliphatic rings. The van der Waals surface area contributed by atoms with Crippen molar-refractivity contribution >= 4 is 17.7 Å². The van der Waals surface area contributed by atoms with Crippen LogP contribution in [-0.2, 0) is 15.1 Å². The van der Waals surface area contributed by atoms with Crippen LogP contribution in [0.25, 0.3) is 0 Å². The van der Waals surface area contributed by atoms with E-state index >= 15 is 0 Å². The van der Waals surface area contributed by atoms with Crippen LogP contribution in [0.15, 0.2) is 24.3 Å². The number of carboxylic acids is 1. The number of carbonyl (C=O) groups excluding carboxylic acids is 1. The second-order valence-electron chi connectivity index (χ2n) is 6.96. The lowest BCUT2D eigenvalue weighted by Gasteiger charge is -2.31. The van der Waals surface area contributed by atoms with Gasteiger partial charge in [-0.25, -0.2) is 9.59 Å². The third-order valence-corrected chi connectivity index (χ3v) is 4.15. The highest BCUT2D eigenvalue weighted by atomic mass is 16.6. The first-order chi connectivity index (χ1) is 10.6. The van der Waals surface area contributed by atoms with Crippen LogP contribution in [0.4, 0.5) is 10.5 Å². The van der Waals surface area contributed by atoms with Crippen LogP contribution in [-0.4, -0.2) is 45.0 Å². The van der Waals surface area contributed by atoms with Gasteiger partial charge < -0.3 is 20.3 Å². The van der Waals surface area contributed by atoms with Crippen molar-refractivity contribution < 1.29 is 24.5 Å². The second-order valence-corrected chi connectivity index (χ2v) is 6.96. The summed E-state index contributed by atoms with van der Waals surface area (Å²) in [6.07, 6.45) is -1.71. The number of amides is 1. The van der Waals surface area contributed by atoms with Gasteiger partial charge in [-0.15, -0.1) is 0 Å². The molecule has 0 saturated carbocycles. The number of anilines is 1. The van der Waals surface area contributed by atoms with Crippen molar-refractivity contribution in [3.8, 4) is 0 Å². The van der Waals surface area contributed by atoms with Gasteiger partial charge in [0.05, 0.1) is 0 Å². The largest absolute Gasteiger partial charge is 0.480 e. The molecule has 0 spiro atoms. The Hall–Kier alpha value is -2.28. The number of hydrogen-bond donors (Lipinski definition) is 3. The van der Waals surface area contributed by atoms with Crippen molar-refractivity contribution in [1.29, 1.82) is 0 Å². The molecular formula is C16H20N2O5. The third-order valence-electron chi connectivity index (χ3n) is 4.15. The fraction of sp³-hybridized carbons (Fsp3) is 0.500. The summed E-state index contributed by atoms with van der Waals surface area (Å²) in [5.74, 6) is -1.17. The zero-order valence-corrected chi connectivity index (χ0v) is 13.2. The summed E-state index contributed by atoms with van der Waals surface area (Å²) in [5.41, 5.74) is -0.914. The summed E-state index contributed by atoms with van der Waals surface area (Å²) in [7, 11) is 0. The quantitative estimate of drug-likeness (QED) is 0.729. The van der Waals surface area contributed by atoms with E-state index in [-0.39, 0.29) is 6.42 Å². The average molecular weight is 320 g/mol. The van der Waals surface area contributed by atoms with Gasteiger partial charge in [0.25, 0.3) is 0 Å². The number of carbonyl (C=O) groups is 2. The molecule has 1 amide bonds. The molecule has 1 fully saturated rings. The predicted molar refractivity (Wildman–Crippen MR) is 81.9 cm³/mol. The van der Waals surface area contributed by atoms with E-state index in [2.05, 4.69) is 5.32 Å². The molecule has 0 radical (unpaired) electrons. The van der Waals surface area contributed by atoms with Gasteiger partial charge in [0.1, 0.15) is 23.4 Å². The summed E-state index contributed by atoms with van der Waals surface area (Å²) in [4.78, 5) is 25.2. The molecule has 2 aliphatic heterocycles. The second kappa shape index (κ2) is 4.86. The summed E-state index contributed by atoms with van der Waals surface area (Å²) >= 11 is 0. The lowest BCUT2D eigenvalue weighted by molar-refractivity contribution is -0.142. The van der Waals surface area contributed by atoms with Gasteiger partial charge >= 0.3 is 12.1 Å². The smallest absolute Gasteiger partial charge is 0.412 e. The molecule has 2 unspecified atom stereocenters. The minimum atomic E-state index is -1.45. The molecule has 3 N–H and O–H groups in total. The molecule has 0 bridgehead atoms. The van der Waals surface area contributed by atoms with E-state index < -0.39 is 35.5 Å². The zero-order chi connectivity index (χ0) is 17.0. The molecule has 1 saturated heterocycles. The van der Waals surface area contributed by atoms with E-state index in [0.717, 1.165) is 4.90 Å². The molecule has 7 nitrogen and oxygen atoms in total. The lowest BCUT2D eigenvalue weighted by Crippen LogP contribution is -2.51. The van der Waals surface area contributed by atoms with Crippen molar-refractivity contribution in [2.24, 2.45) is 0 Å². The Morgan fingerprint density at radius 3 is 2.61 bits per heavy atom. The number of carboxylic acid groups (broad SMARTS) is 1. The normalized spacial score (nSPS) is 28.8. The fourth-order valence-corrected chi connectivity index (χ4v) is 3.25. The molecule has 1 aromatic rings. The van der Waals surface area contributed by atoms with E-state index in [0.29, 0.717) is 11.3 Å². The minimum Gasteiger partial charge on any atom is -0.480 e. The Labute approximate surface area is 133 Å². The van der Waals surface area contributed by atoms with Crippen molar-refractivity contribution in [2.75, 3.05) is 5.32 Å². The Morgan fingerprint density at radius 1 is 1.35 bits per heavy atom. The Morgan fingerprint density at radius 2 is 2.00 bits per heavy atom. The van der Waals surface area contributed by atoms with E-state index in [9.17, 15) is 19.8 Å². The summed E-state index contributed by atoms with van der Waals surface area (Å²) in [6.45, 7) is 5.12. The number of nitrogens with zero attached hydrogens (tertiary/aromatic N) is 1. The van der Waals surface area contributed by atoms with E-state index in [1.165, 1.54) is 0 Å². The summed E-state index contributed by atoms with van der Waals surface area (Å²) in [5, 5.41) is 23.6. The molecule has 23 heavy (non-hydrogen) atoms. The van der Waals surface area contributed by atoms with E-state index in [1.807, 2.05) is 6.07 Å². The molecule has 7 heteroatoms. The van der Waals surface area contributed by atoms with Crippen LogP contribution in [0.3, 0.4) is 0 Å². The van der Waals surface area contributed by atoms with Gasteiger partial charge in [-0.1, -0.05) is 18.2 Å². The Bertz CT molecular complexity index is 669.